The first kappa shape index (κ1) is 25.2. The lowest BCUT2D eigenvalue weighted by Gasteiger charge is -2.38. The summed E-state index contributed by atoms with van der Waals surface area (Å²) in [5, 5.41) is 9.52. The van der Waals surface area contributed by atoms with E-state index in [1.165, 1.54) is 6.07 Å². The number of rotatable bonds is 10. The second-order valence-corrected chi connectivity index (χ2v) is 11.5. The molecule has 4 nitrogen and oxygen atoms in total. The average Bonchev–Trinajstić information content (AvgIpc) is 2.72. The SMILES string of the molecule is CC(C)(C#N)CCC(COCc1ccccc1)(NS(=O)C(C)(C)C)c1ccccc1F. The molecule has 0 radical (unpaired) electrons. The van der Waals surface area contributed by atoms with Crippen LogP contribution in [-0.4, -0.2) is 15.6 Å². The van der Waals surface area contributed by atoms with Crippen molar-refractivity contribution >= 4 is 11.0 Å². The summed E-state index contributed by atoms with van der Waals surface area (Å²) in [4.78, 5) is 0. The molecule has 0 amide bonds. The number of hydrogen-bond acceptors (Lipinski definition) is 3. The van der Waals surface area contributed by atoms with Gasteiger partial charge in [0, 0.05) is 5.56 Å². The zero-order chi connectivity index (χ0) is 23.1. The Morgan fingerprint density at radius 2 is 1.61 bits per heavy atom. The van der Waals surface area contributed by atoms with Crippen molar-refractivity contribution < 1.29 is 13.3 Å². The summed E-state index contributed by atoms with van der Waals surface area (Å²) in [7, 11) is -1.47. The lowest BCUT2D eigenvalue weighted by molar-refractivity contribution is 0.0563. The van der Waals surface area contributed by atoms with Gasteiger partial charge in [-0.1, -0.05) is 48.5 Å². The van der Waals surface area contributed by atoms with Crippen LogP contribution in [0.4, 0.5) is 4.39 Å². The molecule has 2 unspecified atom stereocenters. The Bertz CT molecular complexity index is 919. The van der Waals surface area contributed by atoms with Crippen LogP contribution < -0.4 is 4.72 Å². The van der Waals surface area contributed by atoms with Crippen molar-refractivity contribution in [2.24, 2.45) is 5.41 Å². The smallest absolute Gasteiger partial charge is 0.128 e. The molecule has 0 aliphatic rings. The van der Waals surface area contributed by atoms with E-state index in [2.05, 4.69) is 10.8 Å². The van der Waals surface area contributed by atoms with Gasteiger partial charge in [0.25, 0.3) is 0 Å². The fraction of sp³-hybridized carbons (Fsp3) is 0.480. The molecule has 6 heteroatoms. The molecule has 0 aliphatic carbocycles. The van der Waals surface area contributed by atoms with Crippen LogP contribution in [0.25, 0.3) is 0 Å². The standard InChI is InChI=1S/C25H33FN2O2S/c1-23(2,3)31(29)28-25(16-15-24(4,5)18-27,21-13-9-10-14-22(21)26)19-30-17-20-11-7-6-8-12-20/h6-14,28H,15-17,19H2,1-5H3. The maximum atomic E-state index is 15.0. The Morgan fingerprint density at radius 3 is 2.19 bits per heavy atom. The quantitative estimate of drug-likeness (QED) is 0.517. The zero-order valence-corrected chi connectivity index (χ0v) is 19.9. The van der Waals surface area contributed by atoms with Crippen LogP contribution >= 0.6 is 0 Å². The monoisotopic (exact) mass is 444 g/mol. The Labute approximate surface area is 188 Å². The summed E-state index contributed by atoms with van der Waals surface area (Å²) in [6, 6.07) is 18.5. The van der Waals surface area contributed by atoms with Gasteiger partial charge in [-0.05, 0) is 59.1 Å². The van der Waals surface area contributed by atoms with E-state index in [9.17, 15) is 9.47 Å². The largest absolute Gasteiger partial charge is 0.374 e. The van der Waals surface area contributed by atoms with Crippen molar-refractivity contribution in [3.8, 4) is 6.07 Å². The molecular formula is C25H33FN2O2S. The molecule has 0 spiro atoms. The van der Waals surface area contributed by atoms with E-state index in [0.29, 0.717) is 25.0 Å². The van der Waals surface area contributed by atoms with E-state index < -0.39 is 26.7 Å². The topological polar surface area (TPSA) is 62.1 Å². The number of nitrogens with one attached hydrogen (secondary N) is 1. The molecule has 0 saturated carbocycles. The molecule has 0 bridgehead atoms. The highest BCUT2D eigenvalue weighted by Gasteiger charge is 2.40. The molecule has 0 aliphatic heterocycles. The number of ether oxygens (including phenoxy) is 1. The summed E-state index contributed by atoms with van der Waals surface area (Å²) in [6.07, 6.45) is 0.881. The van der Waals surface area contributed by atoms with Crippen LogP contribution in [0.5, 0.6) is 0 Å². The highest BCUT2D eigenvalue weighted by atomic mass is 32.2. The molecule has 0 heterocycles. The minimum Gasteiger partial charge on any atom is -0.374 e. The molecule has 1 N–H and O–H groups in total. The summed E-state index contributed by atoms with van der Waals surface area (Å²) >= 11 is 0. The van der Waals surface area contributed by atoms with Crippen LogP contribution in [0.3, 0.4) is 0 Å². The van der Waals surface area contributed by atoms with Gasteiger partial charge in [0.15, 0.2) is 0 Å². The number of benzene rings is 2. The molecule has 168 valence electrons. The van der Waals surface area contributed by atoms with E-state index >= 15 is 4.39 Å². The number of nitrogens with zero attached hydrogens (tertiary/aromatic N) is 1. The third-order valence-electron chi connectivity index (χ3n) is 5.17. The summed E-state index contributed by atoms with van der Waals surface area (Å²) in [5.41, 5.74) is -0.263. The van der Waals surface area contributed by atoms with Crippen molar-refractivity contribution in [2.75, 3.05) is 6.61 Å². The first-order valence-corrected chi connectivity index (χ1v) is 11.6. The van der Waals surface area contributed by atoms with Gasteiger partial charge >= 0.3 is 0 Å². The fourth-order valence-electron chi connectivity index (χ4n) is 3.10. The van der Waals surface area contributed by atoms with Gasteiger partial charge in [0.1, 0.15) is 5.82 Å². The number of nitriles is 1. The van der Waals surface area contributed by atoms with E-state index in [-0.39, 0.29) is 12.4 Å². The molecule has 0 saturated heterocycles. The zero-order valence-electron chi connectivity index (χ0n) is 19.1. The lowest BCUT2D eigenvalue weighted by Crippen LogP contribution is -2.51. The van der Waals surface area contributed by atoms with Crippen molar-refractivity contribution in [3.05, 3.63) is 71.5 Å². The first-order chi connectivity index (χ1) is 14.5. The van der Waals surface area contributed by atoms with Crippen LogP contribution in [0.15, 0.2) is 54.6 Å². The summed E-state index contributed by atoms with van der Waals surface area (Å²) < 4.78 is 36.9. The molecule has 2 aromatic carbocycles. The minimum absolute atomic E-state index is 0.117. The Kier molecular flexibility index (Phi) is 8.53. The van der Waals surface area contributed by atoms with E-state index in [4.69, 9.17) is 4.74 Å². The molecular weight excluding hydrogens is 411 g/mol. The lowest BCUT2D eigenvalue weighted by atomic mass is 9.80. The minimum atomic E-state index is -1.47. The molecule has 31 heavy (non-hydrogen) atoms. The van der Waals surface area contributed by atoms with Crippen molar-refractivity contribution in [1.29, 1.82) is 5.26 Å². The van der Waals surface area contributed by atoms with E-state index in [1.807, 2.05) is 65.0 Å². The van der Waals surface area contributed by atoms with Crippen LogP contribution in [0, 0.1) is 22.6 Å². The Morgan fingerprint density at radius 1 is 1.00 bits per heavy atom. The van der Waals surface area contributed by atoms with Crippen molar-refractivity contribution in [1.82, 2.24) is 4.72 Å². The van der Waals surface area contributed by atoms with Gasteiger partial charge in [0.05, 0.1) is 46.0 Å². The second-order valence-electron chi connectivity index (χ2n) is 9.52. The summed E-state index contributed by atoms with van der Waals surface area (Å²) in [5.74, 6) is -0.390. The van der Waals surface area contributed by atoms with Crippen molar-refractivity contribution in [2.45, 2.75) is 64.4 Å². The highest BCUT2D eigenvalue weighted by molar-refractivity contribution is 7.84. The molecule has 2 aromatic rings. The number of hydrogen-bond donors (Lipinski definition) is 1. The average molecular weight is 445 g/mol. The van der Waals surface area contributed by atoms with Crippen molar-refractivity contribution in [3.63, 3.8) is 0 Å². The Hall–Kier alpha value is -2.07. The normalized spacial score (nSPS) is 15.1. The maximum absolute atomic E-state index is 15.0. The van der Waals surface area contributed by atoms with E-state index in [1.54, 1.807) is 18.2 Å². The summed E-state index contributed by atoms with van der Waals surface area (Å²) in [6.45, 7) is 9.77. The molecule has 0 fully saturated rings. The molecule has 2 rings (SSSR count). The predicted octanol–water partition coefficient (Wildman–Crippen LogP) is 5.62. The van der Waals surface area contributed by atoms with Gasteiger partial charge in [-0.2, -0.15) is 5.26 Å². The third kappa shape index (κ3) is 7.24. The predicted molar refractivity (Wildman–Crippen MR) is 124 cm³/mol. The van der Waals surface area contributed by atoms with Crippen LogP contribution in [0.2, 0.25) is 0 Å². The number of halogens is 1. The highest BCUT2D eigenvalue weighted by Crippen LogP contribution is 2.35. The molecule has 2 atom stereocenters. The van der Waals surface area contributed by atoms with Crippen LogP contribution in [0.1, 0.15) is 58.6 Å². The Balaban J connectivity index is 2.43. The van der Waals surface area contributed by atoms with Gasteiger partial charge in [-0.25, -0.2) is 13.3 Å². The molecule has 0 aromatic heterocycles. The van der Waals surface area contributed by atoms with Crippen LogP contribution in [-0.2, 0) is 27.9 Å². The van der Waals surface area contributed by atoms with Gasteiger partial charge in [-0.15, -0.1) is 0 Å². The van der Waals surface area contributed by atoms with Gasteiger partial charge in [-0.3, -0.25) is 0 Å². The van der Waals surface area contributed by atoms with Gasteiger partial charge < -0.3 is 4.74 Å². The second kappa shape index (κ2) is 10.5. The fourth-order valence-corrected chi connectivity index (χ4v) is 4.03. The van der Waals surface area contributed by atoms with Gasteiger partial charge in [0.2, 0.25) is 0 Å². The maximum Gasteiger partial charge on any atom is 0.128 e. The van der Waals surface area contributed by atoms with E-state index in [0.717, 1.165) is 5.56 Å². The first-order valence-electron chi connectivity index (χ1n) is 10.5. The third-order valence-corrected chi connectivity index (χ3v) is 6.86.